The van der Waals surface area contributed by atoms with Crippen LogP contribution in [-0.4, -0.2) is 59.5 Å². The second kappa shape index (κ2) is 12.5. The van der Waals surface area contributed by atoms with E-state index in [1.54, 1.807) is 6.92 Å². The Hall–Kier alpha value is -4.17. The molecule has 0 spiro atoms. The van der Waals surface area contributed by atoms with Gasteiger partial charge in [-0.15, -0.1) is 0 Å². The number of carbonyl (C=O) groups excluding carboxylic acids is 2. The van der Waals surface area contributed by atoms with Crippen LogP contribution in [0.2, 0.25) is 0 Å². The predicted molar refractivity (Wildman–Crippen MR) is 144 cm³/mol. The van der Waals surface area contributed by atoms with E-state index >= 15 is 0 Å². The van der Waals surface area contributed by atoms with Gasteiger partial charge >= 0.3 is 0 Å². The molecule has 8 heteroatoms. The van der Waals surface area contributed by atoms with Crippen LogP contribution in [0, 0.1) is 6.92 Å². The number of aromatic nitrogens is 2. The summed E-state index contributed by atoms with van der Waals surface area (Å²) in [5.41, 5.74) is 6.83. The zero-order valence-corrected chi connectivity index (χ0v) is 20.9. The van der Waals surface area contributed by atoms with Crippen molar-refractivity contribution in [3.63, 3.8) is 0 Å². The van der Waals surface area contributed by atoms with Crippen molar-refractivity contribution in [2.75, 3.05) is 32.1 Å². The Balaban J connectivity index is 0.000000750. The van der Waals surface area contributed by atoms with Gasteiger partial charge in [0, 0.05) is 38.4 Å². The van der Waals surface area contributed by atoms with Crippen molar-refractivity contribution in [1.29, 1.82) is 0 Å². The van der Waals surface area contributed by atoms with E-state index in [0.717, 1.165) is 45.0 Å². The maximum Gasteiger partial charge on any atom is 0.254 e. The van der Waals surface area contributed by atoms with Crippen LogP contribution in [0.25, 0.3) is 22.2 Å². The van der Waals surface area contributed by atoms with E-state index < -0.39 is 0 Å². The summed E-state index contributed by atoms with van der Waals surface area (Å²) in [6, 6.07) is 20.0. The Kier molecular flexibility index (Phi) is 9.19. The number of fused-ring (bicyclic) bond motifs is 2. The molecule has 3 aromatic carbocycles. The highest BCUT2D eigenvalue weighted by Crippen LogP contribution is 2.31. The second-order valence-corrected chi connectivity index (χ2v) is 8.10. The first-order valence-corrected chi connectivity index (χ1v) is 11.7. The minimum absolute atomic E-state index is 0. The molecule has 1 aliphatic rings. The molecule has 0 bridgehead atoms. The third-order valence-corrected chi connectivity index (χ3v) is 5.68. The lowest BCUT2D eigenvalue weighted by Gasteiger charge is -2.20. The molecule has 0 radical (unpaired) electrons. The Morgan fingerprint density at radius 1 is 1.14 bits per heavy atom. The van der Waals surface area contributed by atoms with Crippen molar-refractivity contribution in [3.8, 4) is 16.9 Å². The maximum absolute atomic E-state index is 13.1. The summed E-state index contributed by atoms with van der Waals surface area (Å²) in [7, 11) is 1.86. The standard InChI is InChI=1S/C25H24N4O2.C2H6O.CH2O.H2/c1-16-27-22-9-5-19(14-23(22)28-16)18-6-10-24-20(13-18)15-29(11-12-31-24)25(30)17-3-7-21(26-2)8-4-17;1-2-3;1-2;/h3-10,13-14,26H,11-12,15H2,1-2H3,(H,27,28);3H,2H2,1H3;1H2;1H. The number of nitrogens with zero attached hydrogens (tertiary/aromatic N) is 2. The number of imidazole rings is 1. The summed E-state index contributed by atoms with van der Waals surface area (Å²) in [6.07, 6.45) is 0. The van der Waals surface area contributed by atoms with E-state index in [1.807, 2.05) is 62.1 Å². The average Bonchev–Trinajstić information content (AvgIpc) is 3.15. The fourth-order valence-electron chi connectivity index (χ4n) is 4.03. The van der Waals surface area contributed by atoms with Crippen LogP contribution < -0.4 is 10.1 Å². The number of aryl methyl sites for hydroxylation is 1. The van der Waals surface area contributed by atoms with Gasteiger partial charge in [0.25, 0.3) is 5.91 Å². The number of H-pyrrole nitrogens is 1. The van der Waals surface area contributed by atoms with Crippen LogP contribution in [-0.2, 0) is 11.3 Å². The first-order chi connectivity index (χ1) is 17.5. The van der Waals surface area contributed by atoms with E-state index in [2.05, 4.69) is 39.6 Å². The highest BCUT2D eigenvalue weighted by molar-refractivity contribution is 5.94. The molecule has 2 heterocycles. The van der Waals surface area contributed by atoms with Gasteiger partial charge in [-0.3, -0.25) is 4.79 Å². The van der Waals surface area contributed by atoms with Gasteiger partial charge < -0.3 is 29.8 Å². The predicted octanol–water partition coefficient (Wildman–Crippen LogP) is 4.67. The molecule has 3 N–H and O–H groups in total. The fourth-order valence-corrected chi connectivity index (χ4v) is 4.03. The number of aliphatic hydroxyl groups excluding tert-OH is 1. The van der Waals surface area contributed by atoms with Crippen LogP contribution in [0.1, 0.15) is 30.1 Å². The second-order valence-electron chi connectivity index (χ2n) is 8.10. The molecular formula is C28H34N4O4. The van der Waals surface area contributed by atoms with E-state index in [9.17, 15) is 4.79 Å². The van der Waals surface area contributed by atoms with E-state index in [0.29, 0.717) is 25.3 Å². The third-order valence-electron chi connectivity index (χ3n) is 5.68. The number of anilines is 1. The van der Waals surface area contributed by atoms with Crippen LogP contribution >= 0.6 is 0 Å². The van der Waals surface area contributed by atoms with Crippen molar-refractivity contribution < 1.29 is 20.9 Å². The summed E-state index contributed by atoms with van der Waals surface area (Å²) in [5, 5.41) is 10.6. The van der Waals surface area contributed by atoms with Crippen molar-refractivity contribution in [1.82, 2.24) is 14.9 Å². The fraction of sp³-hybridized carbons (Fsp3) is 0.250. The van der Waals surface area contributed by atoms with Crippen LogP contribution in [0.5, 0.6) is 5.75 Å². The number of hydrogen-bond donors (Lipinski definition) is 3. The van der Waals surface area contributed by atoms with Crippen molar-refractivity contribution in [2.45, 2.75) is 20.4 Å². The molecule has 1 aromatic heterocycles. The van der Waals surface area contributed by atoms with E-state index in [-0.39, 0.29) is 13.9 Å². The van der Waals surface area contributed by atoms with Crippen LogP contribution in [0.15, 0.2) is 60.7 Å². The average molecular weight is 491 g/mol. The summed E-state index contributed by atoms with van der Waals surface area (Å²) in [5.74, 6) is 1.75. The highest BCUT2D eigenvalue weighted by atomic mass is 16.5. The number of hydrogen-bond acceptors (Lipinski definition) is 6. The molecule has 8 nitrogen and oxygen atoms in total. The number of carbonyl (C=O) groups is 2. The van der Waals surface area contributed by atoms with Gasteiger partial charge in [0.2, 0.25) is 0 Å². The number of ether oxygens (including phenoxy) is 1. The summed E-state index contributed by atoms with van der Waals surface area (Å²) < 4.78 is 5.95. The Bertz CT molecular complexity index is 1310. The molecule has 0 saturated heterocycles. The molecule has 4 aromatic rings. The topological polar surface area (TPSA) is 108 Å². The number of amides is 1. The van der Waals surface area contributed by atoms with E-state index in [1.165, 1.54) is 0 Å². The molecule has 36 heavy (non-hydrogen) atoms. The van der Waals surface area contributed by atoms with Crippen molar-refractivity contribution in [3.05, 3.63) is 77.6 Å². The minimum Gasteiger partial charge on any atom is -0.491 e. The molecule has 0 fully saturated rings. The van der Waals surface area contributed by atoms with Crippen LogP contribution in [0.4, 0.5) is 5.69 Å². The number of benzene rings is 3. The Labute approximate surface area is 212 Å². The first-order valence-electron chi connectivity index (χ1n) is 11.7. The zero-order chi connectivity index (χ0) is 26.1. The summed E-state index contributed by atoms with van der Waals surface area (Å²) in [4.78, 5) is 30.7. The molecule has 1 aliphatic heterocycles. The van der Waals surface area contributed by atoms with Gasteiger partial charge in [-0.05, 0) is 73.5 Å². The number of aliphatic hydroxyl groups is 1. The minimum atomic E-state index is 0. The largest absolute Gasteiger partial charge is 0.491 e. The Morgan fingerprint density at radius 3 is 2.50 bits per heavy atom. The molecule has 0 saturated carbocycles. The number of rotatable bonds is 3. The van der Waals surface area contributed by atoms with Crippen LogP contribution in [0.3, 0.4) is 0 Å². The van der Waals surface area contributed by atoms with Gasteiger partial charge in [-0.1, -0.05) is 12.1 Å². The SMILES string of the molecule is C=O.CCO.CNc1ccc(C(=O)N2CCOc3ccc(-c4ccc5nc(C)[nH]c5c4)cc3C2)cc1.[HH]. The van der Waals surface area contributed by atoms with Gasteiger partial charge in [0.15, 0.2) is 0 Å². The third kappa shape index (κ3) is 6.09. The first kappa shape index (κ1) is 26.4. The normalized spacial score (nSPS) is 12.2. The number of nitrogens with one attached hydrogen (secondary N) is 2. The quantitative estimate of drug-likeness (QED) is 0.385. The van der Waals surface area contributed by atoms with Gasteiger partial charge in [-0.25, -0.2) is 4.98 Å². The molecule has 0 atom stereocenters. The molecule has 0 unspecified atom stereocenters. The molecule has 190 valence electrons. The lowest BCUT2D eigenvalue weighted by molar-refractivity contribution is -0.0980. The van der Waals surface area contributed by atoms with Gasteiger partial charge in [0.05, 0.1) is 17.6 Å². The smallest absolute Gasteiger partial charge is 0.254 e. The van der Waals surface area contributed by atoms with E-state index in [4.69, 9.17) is 14.6 Å². The molecular weight excluding hydrogens is 456 g/mol. The van der Waals surface area contributed by atoms with Gasteiger partial charge in [0.1, 0.15) is 25.0 Å². The molecule has 0 aliphatic carbocycles. The maximum atomic E-state index is 13.1. The summed E-state index contributed by atoms with van der Waals surface area (Å²) >= 11 is 0. The lowest BCUT2D eigenvalue weighted by Crippen LogP contribution is -2.32. The Morgan fingerprint density at radius 2 is 1.81 bits per heavy atom. The molecule has 1 amide bonds. The molecule has 5 rings (SSSR count). The number of aromatic amines is 1. The zero-order valence-electron chi connectivity index (χ0n) is 20.9. The monoisotopic (exact) mass is 490 g/mol. The van der Waals surface area contributed by atoms with Crippen molar-refractivity contribution >= 4 is 29.4 Å². The highest BCUT2D eigenvalue weighted by Gasteiger charge is 2.21. The van der Waals surface area contributed by atoms with Gasteiger partial charge in [-0.2, -0.15) is 0 Å². The lowest BCUT2D eigenvalue weighted by atomic mass is 10.0. The summed E-state index contributed by atoms with van der Waals surface area (Å²) in [6.45, 7) is 7.43. The van der Waals surface area contributed by atoms with Crippen molar-refractivity contribution in [2.24, 2.45) is 0 Å².